The van der Waals surface area contributed by atoms with Crippen molar-refractivity contribution in [1.82, 2.24) is 25.4 Å². The summed E-state index contributed by atoms with van der Waals surface area (Å²) in [6.45, 7) is 3.09. The Hall–Kier alpha value is -2.64. The summed E-state index contributed by atoms with van der Waals surface area (Å²) in [5, 5.41) is 5.30. The molecule has 1 atom stereocenters. The maximum atomic E-state index is 12.6. The van der Waals surface area contributed by atoms with Crippen molar-refractivity contribution in [2.45, 2.75) is 38.3 Å². The number of rotatable bonds is 3. The van der Waals surface area contributed by atoms with E-state index in [1.54, 1.807) is 12.4 Å². The Morgan fingerprint density at radius 2 is 1.93 bits per heavy atom. The molecule has 3 aliphatic heterocycles. The van der Waals surface area contributed by atoms with E-state index in [0.29, 0.717) is 32.6 Å². The Kier molecular flexibility index (Phi) is 4.72. The van der Waals surface area contributed by atoms with Gasteiger partial charge in [-0.2, -0.15) is 0 Å². The van der Waals surface area contributed by atoms with Crippen LogP contribution in [-0.2, 0) is 16.1 Å². The van der Waals surface area contributed by atoms with Crippen LogP contribution in [0.25, 0.3) is 0 Å². The van der Waals surface area contributed by atoms with Gasteiger partial charge in [-0.05, 0) is 42.4 Å². The van der Waals surface area contributed by atoms with Crippen molar-refractivity contribution in [3.05, 3.63) is 30.1 Å². The zero-order chi connectivity index (χ0) is 18.9. The number of aromatic nitrogens is 1. The number of urea groups is 1. The standard InChI is InChI=1S/C19H25N5O3/c25-16-1-4-19(13-24(16)12-14-2-7-20-8-3-14)5-9-23(10-6-19)17(26)15-11-21-18(27)22-15/h2-3,7-8,15H,1,4-6,9-13H2,(H2,21,22,27)/t15-/m0/s1. The average molecular weight is 371 g/mol. The molecule has 0 saturated carbocycles. The van der Waals surface area contributed by atoms with Crippen molar-refractivity contribution in [2.24, 2.45) is 5.41 Å². The van der Waals surface area contributed by atoms with Crippen LogP contribution < -0.4 is 10.6 Å². The van der Waals surface area contributed by atoms with Crippen LogP contribution in [0.5, 0.6) is 0 Å². The average Bonchev–Trinajstić information content (AvgIpc) is 3.12. The molecule has 3 aliphatic rings. The van der Waals surface area contributed by atoms with E-state index in [1.165, 1.54) is 0 Å². The van der Waals surface area contributed by atoms with Crippen molar-refractivity contribution in [1.29, 1.82) is 0 Å². The number of piperidine rings is 2. The number of carbonyl (C=O) groups excluding carboxylic acids is 3. The molecule has 2 N–H and O–H groups in total. The van der Waals surface area contributed by atoms with Gasteiger partial charge < -0.3 is 20.4 Å². The normalized spacial score (nSPS) is 24.7. The van der Waals surface area contributed by atoms with Crippen LogP contribution in [0, 0.1) is 5.41 Å². The summed E-state index contributed by atoms with van der Waals surface area (Å²) in [5.41, 5.74) is 1.18. The Morgan fingerprint density at radius 1 is 1.19 bits per heavy atom. The van der Waals surface area contributed by atoms with E-state index in [9.17, 15) is 14.4 Å². The van der Waals surface area contributed by atoms with Crippen LogP contribution in [0.2, 0.25) is 0 Å². The summed E-state index contributed by atoms with van der Waals surface area (Å²) in [6, 6.07) is 3.15. The maximum Gasteiger partial charge on any atom is 0.315 e. The Morgan fingerprint density at radius 3 is 2.59 bits per heavy atom. The molecule has 1 aromatic heterocycles. The fourth-order valence-corrected chi connectivity index (χ4v) is 4.39. The second kappa shape index (κ2) is 7.17. The van der Waals surface area contributed by atoms with E-state index < -0.39 is 6.04 Å². The molecule has 1 spiro atoms. The first-order valence-electron chi connectivity index (χ1n) is 9.55. The van der Waals surface area contributed by atoms with Gasteiger partial charge in [-0.15, -0.1) is 0 Å². The summed E-state index contributed by atoms with van der Waals surface area (Å²) in [4.78, 5) is 44.1. The number of hydrogen-bond donors (Lipinski definition) is 2. The van der Waals surface area contributed by atoms with Crippen LogP contribution in [0.3, 0.4) is 0 Å². The van der Waals surface area contributed by atoms with Gasteiger partial charge in [0, 0.05) is 51.5 Å². The van der Waals surface area contributed by atoms with Gasteiger partial charge in [-0.25, -0.2) is 4.79 Å². The molecule has 0 radical (unpaired) electrons. The summed E-state index contributed by atoms with van der Waals surface area (Å²) < 4.78 is 0. The smallest absolute Gasteiger partial charge is 0.315 e. The van der Waals surface area contributed by atoms with Crippen LogP contribution in [0.1, 0.15) is 31.2 Å². The number of pyridine rings is 1. The first-order valence-corrected chi connectivity index (χ1v) is 9.55. The topological polar surface area (TPSA) is 94.6 Å². The number of likely N-dealkylation sites (tertiary alicyclic amines) is 2. The molecule has 0 aromatic carbocycles. The Balaban J connectivity index is 1.36. The van der Waals surface area contributed by atoms with Crippen LogP contribution >= 0.6 is 0 Å². The molecular formula is C19H25N5O3. The number of nitrogens with one attached hydrogen (secondary N) is 2. The molecule has 27 heavy (non-hydrogen) atoms. The van der Waals surface area contributed by atoms with Crippen molar-refractivity contribution < 1.29 is 14.4 Å². The molecule has 4 heterocycles. The Bertz CT molecular complexity index is 730. The number of carbonyl (C=O) groups is 3. The van der Waals surface area contributed by atoms with Crippen molar-refractivity contribution >= 4 is 17.8 Å². The van der Waals surface area contributed by atoms with Crippen LogP contribution in [0.15, 0.2) is 24.5 Å². The lowest BCUT2D eigenvalue weighted by atomic mass is 9.72. The second-order valence-electron chi connectivity index (χ2n) is 7.84. The Labute approximate surface area is 158 Å². The molecule has 0 aliphatic carbocycles. The molecule has 4 rings (SSSR count). The van der Waals surface area contributed by atoms with Gasteiger partial charge in [0.15, 0.2) is 0 Å². The first-order chi connectivity index (χ1) is 13.0. The van der Waals surface area contributed by atoms with E-state index in [1.807, 2.05) is 21.9 Å². The fraction of sp³-hybridized carbons (Fsp3) is 0.579. The van der Waals surface area contributed by atoms with Gasteiger partial charge in [0.05, 0.1) is 0 Å². The molecule has 4 amide bonds. The minimum Gasteiger partial charge on any atom is -0.341 e. The van der Waals surface area contributed by atoms with Gasteiger partial charge >= 0.3 is 6.03 Å². The van der Waals surface area contributed by atoms with Crippen molar-refractivity contribution in [3.63, 3.8) is 0 Å². The molecule has 1 aromatic rings. The highest BCUT2D eigenvalue weighted by molar-refractivity contribution is 5.90. The van der Waals surface area contributed by atoms with Gasteiger partial charge in [0.2, 0.25) is 11.8 Å². The molecule has 3 fully saturated rings. The molecular weight excluding hydrogens is 346 g/mol. The first kappa shape index (κ1) is 17.8. The summed E-state index contributed by atoms with van der Waals surface area (Å²) in [5.74, 6) is 0.194. The minimum atomic E-state index is -0.456. The van der Waals surface area contributed by atoms with E-state index in [4.69, 9.17) is 0 Å². The third-order valence-electron chi connectivity index (χ3n) is 6.08. The molecule has 144 valence electrons. The molecule has 3 saturated heterocycles. The predicted octanol–water partition coefficient (Wildman–Crippen LogP) is 0.494. The lowest BCUT2D eigenvalue weighted by Gasteiger charge is -2.47. The largest absolute Gasteiger partial charge is 0.341 e. The highest BCUT2D eigenvalue weighted by atomic mass is 16.2. The zero-order valence-corrected chi connectivity index (χ0v) is 15.3. The lowest BCUT2D eigenvalue weighted by molar-refractivity contribution is -0.143. The van der Waals surface area contributed by atoms with E-state index in [0.717, 1.165) is 31.4 Å². The minimum absolute atomic E-state index is 0.0104. The number of amides is 4. The molecule has 0 unspecified atom stereocenters. The van der Waals surface area contributed by atoms with Gasteiger partial charge in [0.25, 0.3) is 0 Å². The summed E-state index contributed by atoms with van der Waals surface area (Å²) in [7, 11) is 0. The second-order valence-corrected chi connectivity index (χ2v) is 7.84. The summed E-state index contributed by atoms with van der Waals surface area (Å²) in [6.07, 6.45) is 6.75. The predicted molar refractivity (Wildman–Crippen MR) is 97.5 cm³/mol. The summed E-state index contributed by atoms with van der Waals surface area (Å²) >= 11 is 0. The number of nitrogens with zero attached hydrogens (tertiary/aromatic N) is 3. The van der Waals surface area contributed by atoms with Crippen LogP contribution in [-0.4, -0.2) is 64.9 Å². The fourth-order valence-electron chi connectivity index (χ4n) is 4.39. The highest BCUT2D eigenvalue weighted by Gasteiger charge is 2.42. The molecule has 8 nitrogen and oxygen atoms in total. The quantitative estimate of drug-likeness (QED) is 0.809. The van der Waals surface area contributed by atoms with Gasteiger partial charge in [-0.1, -0.05) is 0 Å². The SMILES string of the molecule is O=C1NC[C@@H](C(=O)N2CCC3(CCC(=O)N(Cc4ccncc4)C3)CC2)N1. The third-order valence-corrected chi connectivity index (χ3v) is 6.08. The van der Waals surface area contributed by atoms with E-state index in [-0.39, 0.29) is 23.3 Å². The third kappa shape index (κ3) is 3.74. The monoisotopic (exact) mass is 371 g/mol. The lowest BCUT2D eigenvalue weighted by Crippen LogP contribution is -2.54. The van der Waals surface area contributed by atoms with Crippen molar-refractivity contribution in [2.75, 3.05) is 26.2 Å². The van der Waals surface area contributed by atoms with E-state index >= 15 is 0 Å². The van der Waals surface area contributed by atoms with Gasteiger partial charge in [0.1, 0.15) is 6.04 Å². The zero-order valence-electron chi connectivity index (χ0n) is 15.3. The van der Waals surface area contributed by atoms with Gasteiger partial charge in [-0.3, -0.25) is 14.6 Å². The number of hydrogen-bond acceptors (Lipinski definition) is 4. The van der Waals surface area contributed by atoms with Crippen LogP contribution in [0.4, 0.5) is 4.79 Å². The maximum absolute atomic E-state index is 12.6. The van der Waals surface area contributed by atoms with Crippen molar-refractivity contribution in [3.8, 4) is 0 Å². The van der Waals surface area contributed by atoms with E-state index in [2.05, 4.69) is 15.6 Å². The highest BCUT2D eigenvalue weighted by Crippen LogP contribution is 2.40. The molecule has 8 heteroatoms. The molecule has 0 bridgehead atoms.